The predicted molar refractivity (Wildman–Crippen MR) is 68.5 cm³/mol. The monoisotopic (exact) mass is 271 g/mol. The smallest absolute Gasteiger partial charge is 0.330 e. The molecule has 1 aromatic rings. The van der Waals surface area contributed by atoms with Crippen LogP contribution in [0, 0.1) is 0 Å². The summed E-state index contributed by atoms with van der Waals surface area (Å²) in [5.74, 6) is 0.0948. The normalized spacial score (nSPS) is 23.5. The Kier molecular flexibility index (Phi) is 3.73. The fourth-order valence-electron chi connectivity index (χ4n) is 1.78. The van der Waals surface area contributed by atoms with Gasteiger partial charge in [0.25, 0.3) is 0 Å². The van der Waals surface area contributed by atoms with E-state index in [2.05, 4.69) is 5.32 Å². The Hall–Kier alpha value is -1.01. The molecular formula is C11H13NO3S2. The molecule has 4 nitrogen and oxygen atoms in total. The second-order valence-corrected chi connectivity index (χ2v) is 5.93. The lowest BCUT2D eigenvalue weighted by Gasteiger charge is -2.24. The SMILES string of the molecule is O=C(Cc1ccsc1)N[C@]1(C(=O)O)CCSC1. The van der Waals surface area contributed by atoms with Crippen molar-refractivity contribution in [1.82, 2.24) is 5.32 Å². The lowest BCUT2D eigenvalue weighted by atomic mass is 9.99. The van der Waals surface area contributed by atoms with Crippen molar-refractivity contribution in [1.29, 1.82) is 0 Å². The Bertz CT molecular complexity index is 410. The maximum Gasteiger partial charge on any atom is 0.330 e. The van der Waals surface area contributed by atoms with E-state index in [1.54, 1.807) is 11.8 Å². The standard InChI is InChI=1S/C11H13NO3S2/c13-9(5-8-1-3-16-6-8)12-11(10(14)15)2-4-17-7-11/h1,3,6H,2,4-5,7H2,(H,12,13)(H,14,15)/t11-/m1/s1. The molecule has 1 atom stereocenters. The molecule has 2 N–H and O–H groups in total. The van der Waals surface area contributed by atoms with Crippen LogP contribution in [0.4, 0.5) is 0 Å². The highest BCUT2D eigenvalue weighted by atomic mass is 32.2. The second-order valence-electron chi connectivity index (χ2n) is 4.05. The minimum atomic E-state index is -1.06. The third-order valence-corrected chi connectivity index (χ3v) is 4.68. The molecule has 6 heteroatoms. The molecule has 0 aromatic carbocycles. The molecule has 0 spiro atoms. The zero-order valence-corrected chi connectivity index (χ0v) is 10.8. The maximum absolute atomic E-state index is 11.8. The number of carboxylic acids is 1. The maximum atomic E-state index is 11.8. The molecule has 0 aliphatic carbocycles. The van der Waals surface area contributed by atoms with Gasteiger partial charge in [-0.25, -0.2) is 4.79 Å². The lowest BCUT2D eigenvalue weighted by molar-refractivity contribution is -0.146. The summed E-state index contributed by atoms with van der Waals surface area (Å²) in [7, 11) is 0. The number of hydrogen-bond acceptors (Lipinski definition) is 4. The summed E-state index contributed by atoms with van der Waals surface area (Å²) < 4.78 is 0. The molecule has 92 valence electrons. The molecule has 17 heavy (non-hydrogen) atoms. The first-order valence-corrected chi connectivity index (χ1v) is 7.35. The number of carbonyl (C=O) groups excluding carboxylic acids is 1. The lowest BCUT2D eigenvalue weighted by Crippen LogP contribution is -2.55. The van der Waals surface area contributed by atoms with E-state index >= 15 is 0 Å². The summed E-state index contributed by atoms with van der Waals surface area (Å²) in [5.41, 5.74) is -0.128. The number of aliphatic carboxylic acids is 1. The van der Waals surface area contributed by atoms with Gasteiger partial charge in [-0.1, -0.05) is 0 Å². The number of carboxylic acid groups (broad SMARTS) is 1. The number of thiophene rings is 1. The molecule has 2 rings (SSSR count). The Labute approximate surface area is 107 Å². The minimum absolute atomic E-state index is 0.215. The van der Waals surface area contributed by atoms with Crippen LogP contribution in [0.15, 0.2) is 16.8 Å². The van der Waals surface area contributed by atoms with Crippen LogP contribution in [0.2, 0.25) is 0 Å². The van der Waals surface area contributed by atoms with Crippen molar-refractivity contribution in [2.24, 2.45) is 0 Å². The molecule has 0 saturated carbocycles. The summed E-state index contributed by atoms with van der Waals surface area (Å²) in [5, 5.41) is 15.7. The van der Waals surface area contributed by atoms with Crippen molar-refractivity contribution < 1.29 is 14.7 Å². The fraction of sp³-hybridized carbons (Fsp3) is 0.455. The van der Waals surface area contributed by atoms with E-state index in [1.807, 2.05) is 16.8 Å². The van der Waals surface area contributed by atoms with Gasteiger partial charge in [-0.05, 0) is 34.6 Å². The predicted octanol–water partition coefficient (Wildman–Crippen LogP) is 1.37. The molecule has 0 radical (unpaired) electrons. The number of amides is 1. The van der Waals surface area contributed by atoms with Crippen molar-refractivity contribution in [2.75, 3.05) is 11.5 Å². The minimum Gasteiger partial charge on any atom is -0.479 e. The number of thioether (sulfide) groups is 1. The van der Waals surface area contributed by atoms with E-state index in [0.717, 1.165) is 11.3 Å². The highest BCUT2D eigenvalue weighted by Gasteiger charge is 2.43. The van der Waals surface area contributed by atoms with Crippen LogP contribution in [0.5, 0.6) is 0 Å². The summed E-state index contributed by atoms with van der Waals surface area (Å²) in [6.07, 6.45) is 0.756. The van der Waals surface area contributed by atoms with Crippen molar-refractivity contribution in [3.63, 3.8) is 0 Å². The van der Waals surface area contributed by atoms with E-state index in [9.17, 15) is 14.7 Å². The first-order valence-electron chi connectivity index (χ1n) is 5.26. The van der Waals surface area contributed by atoms with Gasteiger partial charge in [-0.2, -0.15) is 23.1 Å². The Morgan fingerprint density at radius 2 is 2.35 bits per heavy atom. The quantitative estimate of drug-likeness (QED) is 0.868. The third-order valence-electron chi connectivity index (χ3n) is 2.75. The van der Waals surface area contributed by atoms with Gasteiger partial charge in [0.1, 0.15) is 5.54 Å². The highest BCUT2D eigenvalue weighted by Crippen LogP contribution is 2.28. The van der Waals surface area contributed by atoms with Crippen molar-refractivity contribution in [2.45, 2.75) is 18.4 Å². The van der Waals surface area contributed by atoms with Crippen LogP contribution < -0.4 is 5.32 Å². The second kappa shape index (κ2) is 5.10. The molecule has 1 aliphatic heterocycles. The molecule has 1 amide bonds. The molecule has 1 aromatic heterocycles. The Morgan fingerprint density at radius 1 is 1.53 bits per heavy atom. The van der Waals surface area contributed by atoms with E-state index in [0.29, 0.717) is 12.2 Å². The molecule has 1 saturated heterocycles. The summed E-state index contributed by atoms with van der Waals surface area (Å²) in [4.78, 5) is 23.0. The largest absolute Gasteiger partial charge is 0.479 e. The van der Waals surface area contributed by atoms with Gasteiger partial charge in [0.15, 0.2) is 0 Å². The van der Waals surface area contributed by atoms with Gasteiger partial charge in [-0.3, -0.25) is 4.79 Å². The zero-order valence-electron chi connectivity index (χ0n) is 9.14. The molecule has 2 heterocycles. The number of rotatable bonds is 4. The molecule has 0 unspecified atom stereocenters. The van der Waals surface area contributed by atoms with Crippen molar-refractivity contribution >= 4 is 35.0 Å². The van der Waals surface area contributed by atoms with Crippen LogP contribution >= 0.6 is 23.1 Å². The van der Waals surface area contributed by atoms with Crippen molar-refractivity contribution in [3.05, 3.63) is 22.4 Å². The highest BCUT2D eigenvalue weighted by molar-refractivity contribution is 7.99. The molecule has 1 aliphatic rings. The molecule has 0 bridgehead atoms. The van der Waals surface area contributed by atoms with Crippen LogP contribution in [-0.2, 0) is 16.0 Å². The number of nitrogens with one attached hydrogen (secondary N) is 1. The zero-order chi connectivity index (χ0) is 12.3. The average Bonchev–Trinajstić information content (AvgIpc) is 2.89. The fourth-order valence-corrected chi connectivity index (χ4v) is 3.77. The van der Waals surface area contributed by atoms with E-state index < -0.39 is 11.5 Å². The van der Waals surface area contributed by atoms with Gasteiger partial charge in [-0.15, -0.1) is 0 Å². The Balaban J connectivity index is 1.99. The van der Waals surface area contributed by atoms with Gasteiger partial charge in [0.05, 0.1) is 6.42 Å². The topological polar surface area (TPSA) is 66.4 Å². The van der Waals surface area contributed by atoms with Gasteiger partial charge >= 0.3 is 5.97 Å². The first-order chi connectivity index (χ1) is 8.12. The average molecular weight is 271 g/mol. The van der Waals surface area contributed by atoms with E-state index in [1.165, 1.54) is 11.3 Å². The van der Waals surface area contributed by atoms with Crippen LogP contribution in [0.1, 0.15) is 12.0 Å². The summed E-state index contributed by atoms with van der Waals surface area (Å²) >= 11 is 3.10. The molecular weight excluding hydrogens is 258 g/mol. The summed E-state index contributed by atoms with van der Waals surface area (Å²) in [6, 6.07) is 1.88. The summed E-state index contributed by atoms with van der Waals surface area (Å²) in [6.45, 7) is 0. The van der Waals surface area contributed by atoms with Crippen molar-refractivity contribution in [3.8, 4) is 0 Å². The molecule has 1 fully saturated rings. The Morgan fingerprint density at radius 3 is 2.88 bits per heavy atom. The van der Waals surface area contributed by atoms with Crippen LogP contribution in [0.25, 0.3) is 0 Å². The van der Waals surface area contributed by atoms with Crippen LogP contribution in [-0.4, -0.2) is 34.0 Å². The van der Waals surface area contributed by atoms with Gasteiger partial charge < -0.3 is 10.4 Å². The van der Waals surface area contributed by atoms with Gasteiger partial charge in [0.2, 0.25) is 5.91 Å². The third kappa shape index (κ3) is 2.81. The van der Waals surface area contributed by atoms with Crippen LogP contribution in [0.3, 0.4) is 0 Å². The number of carbonyl (C=O) groups is 2. The van der Waals surface area contributed by atoms with E-state index in [4.69, 9.17) is 0 Å². The first kappa shape index (κ1) is 12.4. The van der Waals surface area contributed by atoms with Gasteiger partial charge in [0, 0.05) is 5.75 Å². The number of hydrogen-bond donors (Lipinski definition) is 2. The van der Waals surface area contributed by atoms with E-state index in [-0.39, 0.29) is 12.3 Å².